The number of thioether (sulfide) groups is 1. The zero-order valence-electron chi connectivity index (χ0n) is 16.1. The van der Waals surface area contributed by atoms with Crippen molar-refractivity contribution in [2.45, 2.75) is 31.2 Å². The molecule has 0 N–H and O–H groups in total. The van der Waals surface area contributed by atoms with E-state index in [1.54, 1.807) is 16.3 Å². The van der Waals surface area contributed by atoms with Crippen LogP contribution in [-0.4, -0.2) is 29.8 Å². The number of carbonyl (C=O) groups excluding carboxylic acids is 2. The molecule has 7 heteroatoms. The molecule has 0 atom stereocenters. The third-order valence-corrected chi connectivity index (χ3v) is 6.19. The van der Waals surface area contributed by atoms with E-state index in [1.807, 2.05) is 42.7 Å². The second-order valence-electron chi connectivity index (χ2n) is 6.23. The number of carbonyl (C=O) groups is 2. The number of aromatic nitrogens is 1. The van der Waals surface area contributed by atoms with Crippen molar-refractivity contribution in [3.63, 3.8) is 0 Å². The Kier molecular flexibility index (Phi) is 6.70. The Balaban J connectivity index is 1.97. The van der Waals surface area contributed by atoms with Crippen molar-refractivity contribution < 1.29 is 14.3 Å². The Labute approximate surface area is 172 Å². The van der Waals surface area contributed by atoms with Gasteiger partial charge in [-0.05, 0) is 48.1 Å². The highest BCUT2D eigenvalue weighted by Gasteiger charge is 2.12. The molecule has 0 aliphatic heterocycles. The summed E-state index contributed by atoms with van der Waals surface area (Å²) in [6, 6.07) is 14.0. The van der Waals surface area contributed by atoms with Gasteiger partial charge in [-0.3, -0.25) is 9.59 Å². The van der Waals surface area contributed by atoms with Crippen LogP contribution in [-0.2, 0) is 33.7 Å². The third-order valence-electron chi connectivity index (χ3n) is 4.41. The first kappa shape index (κ1) is 20.4. The second-order valence-corrected chi connectivity index (χ2v) is 8.12. The van der Waals surface area contributed by atoms with Gasteiger partial charge in [0.15, 0.2) is 4.80 Å². The quantitative estimate of drug-likeness (QED) is 0.454. The molecule has 0 saturated heterocycles. The molecule has 3 rings (SSSR count). The van der Waals surface area contributed by atoms with Gasteiger partial charge >= 0.3 is 5.97 Å². The maximum Gasteiger partial charge on any atom is 0.325 e. The highest BCUT2D eigenvalue weighted by Crippen LogP contribution is 2.20. The molecule has 5 nitrogen and oxygen atoms in total. The average Bonchev–Trinajstić information content (AvgIpc) is 3.04. The van der Waals surface area contributed by atoms with Crippen LogP contribution in [0.1, 0.15) is 18.1 Å². The summed E-state index contributed by atoms with van der Waals surface area (Å²) in [5.41, 5.74) is 3.00. The van der Waals surface area contributed by atoms with Crippen LogP contribution >= 0.6 is 23.1 Å². The van der Waals surface area contributed by atoms with Crippen LogP contribution in [0.3, 0.4) is 0 Å². The predicted molar refractivity (Wildman–Crippen MR) is 114 cm³/mol. The monoisotopic (exact) mass is 414 g/mol. The Morgan fingerprint density at radius 3 is 2.50 bits per heavy atom. The maximum atomic E-state index is 12.5. The minimum absolute atomic E-state index is 0.0243. The molecule has 0 spiro atoms. The second kappa shape index (κ2) is 9.21. The van der Waals surface area contributed by atoms with Crippen molar-refractivity contribution >= 4 is 45.2 Å². The fourth-order valence-electron chi connectivity index (χ4n) is 2.83. The van der Waals surface area contributed by atoms with E-state index in [2.05, 4.69) is 18.0 Å². The Morgan fingerprint density at radius 2 is 1.86 bits per heavy atom. The zero-order valence-corrected chi connectivity index (χ0v) is 17.7. The molecule has 2 aromatic carbocycles. The number of esters is 1. The van der Waals surface area contributed by atoms with Crippen molar-refractivity contribution in [1.29, 1.82) is 0 Å². The lowest BCUT2D eigenvalue weighted by molar-refractivity contribution is -0.141. The normalized spacial score (nSPS) is 11.8. The molecule has 146 valence electrons. The van der Waals surface area contributed by atoms with Gasteiger partial charge in [0, 0.05) is 4.90 Å². The van der Waals surface area contributed by atoms with E-state index in [0.29, 0.717) is 4.80 Å². The largest absolute Gasteiger partial charge is 0.468 e. The minimum Gasteiger partial charge on any atom is -0.468 e. The predicted octanol–water partition coefficient (Wildman–Crippen LogP) is 3.83. The molecule has 0 aliphatic rings. The van der Waals surface area contributed by atoms with Gasteiger partial charge in [0.05, 0.1) is 23.7 Å². The Morgan fingerprint density at radius 1 is 1.14 bits per heavy atom. The van der Waals surface area contributed by atoms with Crippen LogP contribution in [0.2, 0.25) is 0 Å². The van der Waals surface area contributed by atoms with Gasteiger partial charge in [0.2, 0.25) is 0 Å². The summed E-state index contributed by atoms with van der Waals surface area (Å²) in [7, 11) is 1.35. The molecule has 0 fully saturated rings. The van der Waals surface area contributed by atoms with E-state index in [4.69, 9.17) is 4.74 Å². The van der Waals surface area contributed by atoms with Crippen LogP contribution in [0.25, 0.3) is 10.2 Å². The first-order valence-corrected chi connectivity index (χ1v) is 11.0. The number of fused-ring (bicyclic) bond motifs is 1. The van der Waals surface area contributed by atoms with E-state index in [1.165, 1.54) is 24.0 Å². The van der Waals surface area contributed by atoms with Gasteiger partial charge in [-0.15, -0.1) is 11.8 Å². The number of hydrogen-bond donors (Lipinski definition) is 0. The molecular formula is C21H22N2O3S2. The Hall–Kier alpha value is -2.38. The lowest BCUT2D eigenvalue weighted by atomic mass is 10.1. The van der Waals surface area contributed by atoms with Gasteiger partial charge in [-0.25, -0.2) is 0 Å². The number of aryl methyl sites for hydroxylation is 1. The van der Waals surface area contributed by atoms with E-state index in [-0.39, 0.29) is 24.8 Å². The number of ether oxygens (including phenoxy) is 1. The van der Waals surface area contributed by atoms with E-state index >= 15 is 0 Å². The number of thiazole rings is 1. The number of rotatable bonds is 6. The van der Waals surface area contributed by atoms with Crippen LogP contribution in [0, 0.1) is 0 Å². The molecule has 0 bridgehead atoms. The van der Waals surface area contributed by atoms with Gasteiger partial charge in [-0.1, -0.05) is 36.5 Å². The molecule has 28 heavy (non-hydrogen) atoms. The number of benzene rings is 2. The van der Waals surface area contributed by atoms with Crippen molar-refractivity contribution in [1.82, 2.24) is 4.57 Å². The number of hydrogen-bond acceptors (Lipinski definition) is 5. The number of methoxy groups -OCH3 is 1. The molecule has 1 heterocycles. The standard InChI is InChI=1S/C21H22N2O3S2/c1-4-14-7-10-17-18(11-14)28-21(23(17)13-20(25)26-2)22-19(24)12-15-5-8-16(27-3)9-6-15/h5-11H,4,12-13H2,1-3H3. The molecule has 0 aliphatic carbocycles. The summed E-state index contributed by atoms with van der Waals surface area (Å²) in [5, 5.41) is 0. The highest BCUT2D eigenvalue weighted by atomic mass is 32.2. The SMILES string of the molecule is CCc1ccc2c(c1)sc(=NC(=O)Cc1ccc(SC)cc1)n2CC(=O)OC. The number of amides is 1. The fourth-order valence-corrected chi connectivity index (χ4v) is 4.35. The van der Waals surface area contributed by atoms with Gasteiger partial charge < -0.3 is 9.30 Å². The molecule has 1 amide bonds. The zero-order chi connectivity index (χ0) is 20.1. The van der Waals surface area contributed by atoms with Crippen molar-refractivity contribution in [3.05, 3.63) is 58.4 Å². The van der Waals surface area contributed by atoms with Gasteiger partial charge in [-0.2, -0.15) is 4.99 Å². The lowest BCUT2D eigenvalue weighted by Gasteiger charge is -2.04. The lowest BCUT2D eigenvalue weighted by Crippen LogP contribution is -2.22. The van der Waals surface area contributed by atoms with Crippen LogP contribution in [0.5, 0.6) is 0 Å². The molecule has 0 saturated carbocycles. The molecule has 0 unspecified atom stereocenters. The topological polar surface area (TPSA) is 60.7 Å². The van der Waals surface area contributed by atoms with E-state index < -0.39 is 0 Å². The summed E-state index contributed by atoms with van der Waals surface area (Å²) < 4.78 is 7.56. The minimum atomic E-state index is -0.374. The molecular weight excluding hydrogens is 392 g/mol. The summed E-state index contributed by atoms with van der Waals surface area (Å²) >= 11 is 3.08. The molecule has 3 aromatic rings. The fraction of sp³-hybridized carbons (Fsp3) is 0.286. The summed E-state index contributed by atoms with van der Waals surface area (Å²) in [6.45, 7) is 2.12. The molecule has 0 radical (unpaired) electrons. The Bertz CT molecular complexity index is 1070. The van der Waals surface area contributed by atoms with Crippen molar-refractivity contribution in [2.24, 2.45) is 4.99 Å². The van der Waals surface area contributed by atoms with Crippen molar-refractivity contribution in [2.75, 3.05) is 13.4 Å². The number of nitrogens with zero attached hydrogens (tertiary/aromatic N) is 2. The first-order chi connectivity index (χ1) is 13.5. The van der Waals surface area contributed by atoms with E-state index in [0.717, 1.165) is 27.1 Å². The van der Waals surface area contributed by atoms with Crippen LogP contribution in [0.15, 0.2) is 52.4 Å². The van der Waals surface area contributed by atoms with Crippen molar-refractivity contribution in [3.8, 4) is 0 Å². The van der Waals surface area contributed by atoms with Crippen LogP contribution < -0.4 is 4.80 Å². The third kappa shape index (κ3) is 4.72. The van der Waals surface area contributed by atoms with Gasteiger partial charge in [0.25, 0.3) is 5.91 Å². The average molecular weight is 415 g/mol. The smallest absolute Gasteiger partial charge is 0.325 e. The summed E-state index contributed by atoms with van der Waals surface area (Å²) in [4.78, 5) is 30.4. The summed E-state index contributed by atoms with van der Waals surface area (Å²) in [5.74, 6) is -0.612. The maximum absolute atomic E-state index is 12.5. The molecule has 1 aromatic heterocycles. The van der Waals surface area contributed by atoms with Gasteiger partial charge in [0.1, 0.15) is 6.54 Å². The first-order valence-electron chi connectivity index (χ1n) is 8.93. The van der Waals surface area contributed by atoms with Crippen LogP contribution in [0.4, 0.5) is 0 Å². The highest BCUT2D eigenvalue weighted by molar-refractivity contribution is 7.98. The summed E-state index contributed by atoms with van der Waals surface area (Å²) in [6.07, 6.45) is 3.16. The van der Waals surface area contributed by atoms with E-state index in [9.17, 15) is 9.59 Å².